The van der Waals surface area contributed by atoms with Crippen LogP contribution in [0.1, 0.15) is 26.7 Å². The van der Waals surface area contributed by atoms with Gasteiger partial charge in [0, 0.05) is 18.3 Å². The average Bonchev–Trinajstić information content (AvgIpc) is 3.26. The van der Waals surface area contributed by atoms with Gasteiger partial charge in [0.1, 0.15) is 18.1 Å². The van der Waals surface area contributed by atoms with Gasteiger partial charge in [0.15, 0.2) is 5.76 Å². The number of ether oxygens (including phenoxy) is 1. The number of hydrogen-bond acceptors (Lipinski definition) is 4. The molecule has 0 saturated carbocycles. The van der Waals surface area contributed by atoms with E-state index in [0.29, 0.717) is 17.0 Å². The van der Waals surface area contributed by atoms with Gasteiger partial charge in [0.2, 0.25) is 0 Å². The van der Waals surface area contributed by atoms with Crippen LogP contribution in [0.5, 0.6) is 5.75 Å². The molecule has 1 heterocycles. The zero-order chi connectivity index (χ0) is 20.9. The molecule has 0 atom stereocenters. The minimum Gasteiger partial charge on any atom is -0.486 e. The Morgan fingerprint density at radius 1 is 0.867 bits per heavy atom. The second-order valence-corrected chi connectivity index (χ2v) is 6.68. The van der Waals surface area contributed by atoms with E-state index in [1.807, 2.05) is 42.5 Å². The first-order chi connectivity index (χ1) is 14.6. The van der Waals surface area contributed by atoms with Gasteiger partial charge in [0.25, 0.3) is 11.8 Å². The number of hydrogen-bond donors (Lipinski definition) is 2. The lowest BCUT2D eigenvalue weighted by molar-refractivity contribution is 0.0960. The molecule has 0 bridgehead atoms. The molecular weight excluding hydrogens is 380 g/mol. The Kier molecular flexibility index (Phi) is 5.48. The molecule has 0 unspecified atom stereocenters. The van der Waals surface area contributed by atoms with Crippen LogP contribution in [0, 0.1) is 0 Å². The van der Waals surface area contributed by atoms with Gasteiger partial charge in [-0.25, -0.2) is 0 Å². The van der Waals surface area contributed by atoms with Gasteiger partial charge in [-0.05, 0) is 53.2 Å². The van der Waals surface area contributed by atoms with Gasteiger partial charge in [-0.3, -0.25) is 9.59 Å². The first-order valence-electron chi connectivity index (χ1n) is 9.46. The van der Waals surface area contributed by atoms with Crippen molar-refractivity contribution in [3.05, 3.63) is 95.9 Å². The molecule has 4 aromatic rings. The molecule has 0 aliphatic heterocycles. The minimum absolute atomic E-state index is 0.164. The van der Waals surface area contributed by atoms with E-state index in [-0.39, 0.29) is 18.3 Å². The van der Waals surface area contributed by atoms with Crippen molar-refractivity contribution in [2.45, 2.75) is 6.61 Å². The quantitative estimate of drug-likeness (QED) is 0.495. The Balaban J connectivity index is 1.39. The largest absolute Gasteiger partial charge is 0.486 e. The fourth-order valence-corrected chi connectivity index (χ4v) is 3.06. The number of fused-ring (bicyclic) bond motifs is 1. The second-order valence-electron chi connectivity index (χ2n) is 6.68. The molecular formula is C24H20N2O4. The summed E-state index contributed by atoms with van der Waals surface area (Å²) < 4.78 is 11.4. The predicted molar refractivity (Wildman–Crippen MR) is 115 cm³/mol. The highest BCUT2D eigenvalue weighted by Crippen LogP contribution is 2.22. The molecule has 2 amide bonds. The summed E-state index contributed by atoms with van der Waals surface area (Å²) in [6.07, 6.45) is 0. The van der Waals surface area contributed by atoms with Crippen LogP contribution in [-0.4, -0.2) is 18.9 Å². The molecule has 0 spiro atoms. The Hall–Kier alpha value is -4.06. The van der Waals surface area contributed by atoms with Crippen molar-refractivity contribution in [2.75, 3.05) is 12.4 Å². The second kappa shape index (κ2) is 8.53. The van der Waals surface area contributed by atoms with Crippen molar-refractivity contribution >= 4 is 28.3 Å². The number of amides is 2. The third-order valence-electron chi connectivity index (χ3n) is 4.60. The van der Waals surface area contributed by atoms with Crippen LogP contribution >= 0.6 is 0 Å². The van der Waals surface area contributed by atoms with Gasteiger partial charge in [-0.1, -0.05) is 36.4 Å². The minimum atomic E-state index is -0.402. The maximum Gasteiger partial charge on any atom is 0.291 e. The van der Waals surface area contributed by atoms with Crippen LogP contribution in [0.15, 0.2) is 83.3 Å². The van der Waals surface area contributed by atoms with E-state index >= 15 is 0 Å². The molecule has 150 valence electrons. The number of nitrogens with one attached hydrogen (secondary N) is 2. The fourth-order valence-electron chi connectivity index (χ4n) is 3.06. The molecule has 4 rings (SSSR count). The van der Waals surface area contributed by atoms with Crippen molar-refractivity contribution in [3.8, 4) is 5.75 Å². The molecule has 0 aliphatic rings. The summed E-state index contributed by atoms with van der Waals surface area (Å²) in [5.74, 6) is 0.797. The van der Waals surface area contributed by atoms with E-state index in [1.165, 1.54) is 0 Å². The third-order valence-corrected chi connectivity index (χ3v) is 4.60. The summed E-state index contributed by atoms with van der Waals surface area (Å²) in [6, 6.07) is 23.9. The SMILES string of the molecule is CNC(=O)c1cccc(NC(=O)c2ccc(COc3ccc4ccccc4c3)o2)c1. The number of carbonyl (C=O) groups is 2. The maximum absolute atomic E-state index is 12.5. The lowest BCUT2D eigenvalue weighted by atomic mass is 10.1. The van der Waals surface area contributed by atoms with Crippen LogP contribution in [0.2, 0.25) is 0 Å². The van der Waals surface area contributed by atoms with E-state index in [9.17, 15) is 9.59 Å². The van der Waals surface area contributed by atoms with Crippen LogP contribution < -0.4 is 15.4 Å². The van der Waals surface area contributed by atoms with Crippen molar-refractivity contribution in [3.63, 3.8) is 0 Å². The summed E-state index contributed by atoms with van der Waals surface area (Å²) >= 11 is 0. The van der Waals surface area contributed by atoms with E-state index in [1.54, 1.807) is 43.4 Å². The van der Waals surface area contributed by atoms with Gasteiger partial charge in [-0.2, -0.15) is 0 Å². The van der Waals surface area contributed by atoms with Gasteiger partial charge >= 0.3 is 0 Å². The summed E-state index contributed by atoms with van der Waals surface area (Å²) in [6.45, 7) is 0.206. The van der Waals surface area contributed by atoms with Crippen molar-refractivity contribution in [1.29, 1.82) is 0 Å². The number of carbonyl (C=O) groups excluding carboxylic acids is 2. The van der Waals surface area contributed by atoms with Crippen LogP contribution in [-0.2, 0) is 6.61 Å². The molecule has 2 N–H and O–H groups in total. The monoisotopic (exact) mass is 400 g/mol. The number of furan rings is 1. The normalized spacial score (nSPS) is 10.6. The standard InChI is InChI=1S/C24H20N2O4/c1-25-23(27)18-7-4-8-19(13-18)26-24(28)22-12-11-21(30-22)15-29-20-10-9-16-5-2-3-6-17(16)14-20/h2-14H,15H2,1H3,(H,25,27)(H,26,28). The van der Waals surface area contributed by atoms with Crippen LogP contribution in [0.4, 0.5) is 5.69 Å². The lowest BCUT2D eigenvalue weighted by Crippen LogP contribution is -2.18. The van der Waals surface area contributed by atoms with E-state index in [4.69, 9.17) is 9.15 Å². The molecule has 0 saturated heterocycles. The third kappa shape index (κ3) is 4.33. The summed E-state index contributed by atoms with van der Waals surface area (Å²) in [5.41, 5.74) is 0.964. The van der Waals surface area contributed by atoms with E-state index in [2.05, 4.69) is 10.6 Å². The van der Waals surface area contributed by atoms with E-state index in [0.717, 1.165) is 16.5 Å². The Labute approximate surface area is 173 Å². The van der Waals surface area contributed by atoms with Gasteiger partial charge in [0.05, 0.1) is 0 Å². The number of anilines is 1. The fraction of sp³-hybridized carbons (Fsp3) is 0.0833. The molecule has 1 aromatic heterocycles. The number of rotatable bonds is 6. The highest BCUT2D eigenvalue weighted by Gasteiger charge is 2.13. The summed E-state index contributed by atoms with van der Waals surface area (Å²) in [4.78, 5) is 24.2. The first-order valence-corrected chi connectivity index (χ1v) is 9.46. The molecule has 3 aromatic carbocycles. The zero-order valence-corrected chi connectivity index (χ0v) is 16.3. The highest BCUT2D eigenvalue weighted by molar-refractivity contribution is 6.03. The van der Waals surface area contributed by atoms with Crippen LogP contribution in [0.3, 0.4) is 0 Å². The first kappa shape index (κ1) is 19.3. The smallest absolute Gasteiger partial charge is 0.291 e. The molecule has 0 radical (unpaired) electrons. The van der Waals surface area contributed by atoms with Crippen LogP contribution in [0.25, 0.3) is 10.8 Å². The van der Waals surface area contributed by atoms with Gasteiger partial charge < -0.3 is 19.8 Å². The molecule has 0 fully saturated rings. The highest BCUT2D eigenvalue weighted by atomic mass is 16.5. The van der Waals surface area contributed by atoms with Crippen molar-refractivity contribution in [2.24, 2.45) is 0 Å². The summed E-state index contributed by atoms with van der Waals surface area (Å²) in [5, 5.41) is 7.51. The predicted octanol–water partition coefficient (Wildman–Crippen LogP) is 4.62. The molecule has 6 heteroatoms. The molecule has 6 nitrogen and oxygen atoms in total. The maximum atomic E-state index is 12.5. The van der Waals surface area contributed by atoms with E-state index < -0.39 is 5.91 Å². The Morgan fingerprint density at radius 2 is 1.70 bits per heavy atom. The zero-order valence-electron chi connectivity index (χ0n) is 16.3. The number of benzene rings is 3. The van der Waals surface area contributed by atoms with Gasteiger partial charge in [-0.15, -0.1) is 0 Å². The molecule has 0 aliphatic carbocycles. The summed E-state index contributed by atoms with van der Waals surface area (Å²) in [7, 11) is 1.55. The Bertz CT molecular complexity index is 1210. The lowest BCUT2D eigenvalue weighted by Gasteiger charge is -2.06. The average molecular weight is 400 g/mol. The molecule has 30 heavy (non-hydrogen) atoms. The van der Waals surface area contributed by atoms with Crippen molar-refractivity contribution in [1.82, 2.24) is 5.32 Å². The Morgan fingerprint density at radius 3 is 2.53 bits per heavy atom. The topological polar surface area (TPSA) is 80.6 Å². The van der Waals surface area contributed by atoms with Crippen molar-refractivity contribution < 1.29 is 18.7 Å².